The van der Waals surface area contributed by atoms with Crippen LogP contribution in [0.25, 0.3) is 0 Å². The van der Waals surface area contributed by atoms with Crippen LogP contribution in [-0.4, -0.2) is 56.8 Å². The number of sulfone groups is 1. The lowest BCUT2D eigenvalue weighted by atomic mass is 10.1. The third-order valence-corrected chi connectivity index (χ3v) is 7.04. The Labute approximate surface area is 218 Å². The topological polar surface area (TPSA) is 119 Å². The highest BCUT2D eigenvalue weighted by Crippen LogP contribution is 2.38. The number of carbonyl (C=O) groups is 3. The van der Waals surface area contributed by atoms with E-state index in [1.165, 1.54) is 13.2 Å². The third kappa shape index (κ3) is 6.68. The molecule has 3 amide bonds. The lowest BCUT2D eigenvalue weighted by Gasteiger charge is -2.27. The number of benzene rings is 2. The number of nitrogens with one attached hydrogen (secondary N) is 1. The van der Waals surface area contributed by atoms with E-state index in [0.29, 0.717) is 30.1 Å². The molecule has 0 aliphatic carbocycles. The van der Waals surface area contributed by atoms with Gasteiger partial charge in [-0.1, -0.05) is 38.3 Å². The van der Waals surface area contributed by atoms with Gasteiger partial charge in [0.05, 0.1) is 42.3 Å². The van der Waals surface area contributed by atoms with Crippen LogP contribution in [0.5, 0.6) is 11.5 Å². The largest absolute Gasteiger partial charge is 0.493 e. The van der Waals surface area contributed by atoms with Crippen molar-refractivity contribution >= 4 is 33.2 Å². The van der Waals surface area contributed by atoms with Crippen LogP contribution in [0.4, 0.5) is 5.69 Å². The lowest BCUT2D eigenvalue weighted by molar-refractivity contribution is -0.116. The van der Waals surface area contributed by atoms with Crippen LogP contribution in [0.2, 0.25) is 0 Å². The van der Waals surface area contributed by atoms with E-state index in [2.05, 4.69) is 12.2 Å². The second-order valence-electron chi connectivity index (χ2n) is 9.02. The maximum atomic E-state index is 13.6. The number of rotatable bonds is 13. The molecule has 0 saturated carbocycles. The van der Waals surface area contributed by atoms with E-state index in [4.69, 9.17) is 9.47 Å². The number of imide groups is 1. The minimum atomic E-state index is -3.62. The third-order valence-electron chi connectivity index (χ3n) is 6.12. The molecule has 0 fully saturated rings. The molecule has 2 aromatic carbocycles. The maximum Gasteiger partial charge on any atom is 0.264 e. The Balaban J connectivity index is 1.98. The van der Waals surface area contributed by atoms with Crippen LogP contribution in [-0.2, 0) is 14.6 Å². The predicted molar refractivity (Wildman–Crippen MR) is 141 cm³/mol. The van der Waals surface area contributed by atoms with Gasteiger partial charge in [0.25, 0.3) is 11.8 Å². The zero-order chi connectivity index (χ0) is 27.2. The first-order valence-electron chi connectivity index (χ1n) is 12.4. The molecular formula is C27H34N2O7S. The van der Waals surface area contributed by atoms with Crippen molar-refractivity contribution in [2.45, 2.75) is 52.0 Å². The van der Waals surface area contributed by atoms with Crippen LogP contribution < -0.4 is 14.8 Å². The fraction of sp³-hybridized carbons (Fsp3) is 0.444. The Bertz CT molecular complexity index is 1270. The molecule has 200 valence electrons. The molecule has 1 heterocycles. The summed E-state index contributed by atoms with van der Waals surface area (Å²) in [6.07, 6.45) is 5.10. The number of methoxy groups -OCH3 is 1. The van der Waals surface area contributed by atoms with Crippen molar-refractivity contribution in [2.24, 2.45) is 0 Å². The monoisotopic (exact) mass is 530 g/mol. The van der Waals surface area contributed by atoms with Crippen molar-refractivity contribution in [2.75, 3.05) is 31.0 Å². The van der Waals surface area contributed by atoms with E-state index >= 15 is 0 Å². The molecule has 0 aromatic heterocycles. The number of anilines is 1. The Hall–Kier alpha value is -3.40. The van der Waals surface area contributed by atoms with Gasteiger partial charge >= 0.3 is 0 Å². The number of carbonyl (C=O) groups excluding carboxylic acids is 3. The average Bonchev–Trinajstić information content (AvgIpc) is 3.10. The number of nitrogens with zero attached hydrogens (tertiary/aromatic N) is 1. The molecule has 1 N–H and O–H groups in total. The summed E-state index contributed by atoms with van der Waals surface area (Å²) in [6, 6.07) is 8.36. The molecule has 0 unspecified atom stereocenters. The van der Waals surface area contributed by atoms with Crippen LogP contribution in [0, 0.1) is 0 Å². The van der Waals surface area contributed by atoms with Crippen LogP contribution in [0.3, 0.4) is 0 Å². The van der Waals surface area contributed by atoms with Crippen molar-refractivity contribution < 1.29 is 32.3 Å². The summed E-state index contributed by atoms with van der Waals surface area (Å²) in [5.41, 5.74) is 0.824. The zero-order valence-electron chi connectivity index (χ0n) is 21.7. The normalized spacial score (nSPS) is 13.9. The number of unbranched alkanes of at least 4 members (excludes halogenated alkanes) is 3. The van der Waals surface area contributed by atoms with E-state index in [1.807, 2.05) is 0 Å². The molecule has 1 aliphatic heterocycles. The molecule has 0 bridgehead atoms. The van der Waals surface area contributed by atoms with Crippen LogP contribution in [0.15, 0.2) is 36.4 Å². The van der Waals surface area contributed by atoms with Gasteiger partial charge in [-0.25, -0.2) is 8.42 Å². The summed E-state index contributed by atoms with van der Waals surface area (Å²) < 4.78 is 35.7. The summed E-state index contributed by atoms with van der Waals surface area (Å²) in [5, 5.41) is 2.77. The molecule has 0 spiro atoms. The summed E-state index contributed by atoms with van der Waals surface area (Å²) in [5.74, 6) is -1.20. The van der Waals surface area contributed by atoms with Gasteiger partial charge in [-0.3, -0.25) is 19.3 Å². The highest BCUT2D eigenvalue weighted by molar-refractivity contribution is 7.90. The number of ether oxygens (including phenoxy) is 2. The first kappa shape index (κ1) is 28.2. The molecule has 37 heavy (non-hydrogen) atoms. The first-order valence-corrected chi connectivity index (χ1v) is 14.5. The van der Waals surface area contributed by atoms with Gasteiger partial charge in [-0.15, -0.1) is 0 Å². The summed E-state index contributed by atoms with van der Waals surface area (Å²) in [6.45, 7) is 4.22. The molecule has 1 atom stereocenters. The Kier molecular flexibility index (Phi) is 9.31. The van der Waals surface area contributed by atoms with Gasteiger partial charge in [-0.05, 0) is 43.2 Å². The van der Waals surface area contributed by atoms with Crippen LogP contribution >= 0.6 is 0 Å². The number of hydrogen-bond acceptors (Lipinski definition) is 7. The number of amides is 3. The molecular weight excluding hydrogens is 496 g/mol. The Morgan fingerprint density at radius 3 is 2.43 bits per heavy atom. The minimum Gasteiger partial charge on any atom is -0.493 e. The molecule has 0 radical (unpaired) electrons. The SMILES string of the molecule is CCCCCCC(=O)Nc1cccc2c1C(=O)N([C@H](CS(C)(=O)=O)c1ccc(OC)c(OCC)c1)C2=O. The van der Waals surface area contributed by atoms with E-state index < -0.39 is 33.4 Å². The van der Waals surface area contributed by atoms with Crippen molar-refractivity contribution in [3.63, 3.8) is 0 Å². The van der Waals surface area contributed by atoms with Gasteiger partial charge in [0.1, 0.15) is 9.84 Å². The van der Waals surface area contributed by atoms with Gasteiger partial charge in [0.2, 0.25) is 5.91 Å². The van der Waals surface area contributed by atoms with Crippen molar-refractivity contribution in [3.8, 4) is 11.5 Å². The molecule has 2 aromatic rings. The molecule has 9 nitrogen and oxygen atoms in total. The first-order chi connectivity index (χ1) is 17.6. The standard InChI is InChI=1S/C27H34N2O7S/c1-5-7-8-9-13-24(30)28-20-12-10-11-19-25(20)27(32)29(26(19)31)21(17-37(4,33)34)18-14-15-22(35-3)23(16-18)36-6-2/h10-12,14-16,21H,5-9,13,17H2,1-4H3,(H,28,30)/t21-/m1/s1. The number of hydrogen-bond donors (Lipinski definition) is 1. The molecule has 1 aliphatic rings. The van der Waals surface area contributed by atoms with Crippen molar-refractivity contribution in [1.29, 1.82) is 0 Å². The van der Waals surface area contributed by atoms with Gasteiger partial charge in [0.15, 0.2) is 11.5 Å². The fourth-order valence-electron chi connectivity index (χ4n) is 4.39. The van der Waals surface area contributed by atoms with E-state index in [1.54, 1.807) is 37.3 Å². The summed E-state index contributed by atoms with van der Waals surface area (Å²) >= 11 is 0. The summed E-state index contributed by atoms with van der Waals surface area (Å²) in [4.78, 5) is 40.6. The van der Waals surface area contributed by atoms with E-state index in [9.17, 15) is 22.8 Å². The molecule has 10 heteroatoms. The van der Waals surface area contributed by atoms with E-state index in [-0.39, 0.29) is 22.7 Å². The lowest BCUT2D eigenvalue weighted by Crippen LogP contribution is -2.37. The van der Waals surface area contributed by atoms with E-state index in [0.717, 1.165) is 36.8 Å². The quantitative estimate of drug-likeness (QED) is 0.301. The maximum absolute atomic E-state index is 13.6. The Morgan fingerprint density at radius 2 is 1.78 bits per heavy atom. The van der Waals surface area contributed by atoms with Crippen molar-refractivity contribution in [1.82, 2.24) is 4.90 Å². The highest BCUT2D eigenvalue weighted by atomic mass is 32.2. The number of fused-ring (bicyclic) bond motifs is 1. The second kappa shape index (κ2) is 12.2. The fourth-order valence-corrected chi connectivity index (χ4v) is 5.31. The predicted octanol–water partition coefficient (Wildman–Crippen LogP) is 4.38. The minimum absolute atomic E-state index is 0.0615. The highest BCUT2D eigenvalue weighted by Gasteiger charge is 2.43. The van der Waals surface area contributed by atoms with Crippen molar-refractivity contribution in [3.05, 3.63) is 53.1 Å². The molecule has 0 saturated heterocycles. The average molecular weight is 531 g/mol. The smallest absolute Gasteiger partial charge is 0.264 e. The van der Waals surface area contributed by atoms with Crippen LogP contribution in [0.1, 0.15) is 78.3 Å². The van der Waals surface area contributed by atoms with Gasteiger partial charge in [-0.2, -0.15) is 0 Å². The van der Waals surface area contributed by atoms with Gasteiger partial charge < -0.3 is 14.8 Å². The summed E-state index contributed by atoms with van der Waals surface area (Å²) in [7, 11) is -2.13. The molecule has 3 rings (SSSR count). The van der Waals surface area contributed by atoms with Gasteiger partial charge in [0, 0.05) is 12.7 Å². The zero-order valence-corrected chi connectivity index (χ0v) is 22.5. The Morgan fingerprint density at radius 1 is 1.03 bits per heavy atom. The second-order valence-corrected chi connectivity index (χ2v) is 11.2.